The molecule has 0 aromatic heterocycles. The lowest BCUT2D eigenvalue weighted by molar-refractivity contribution is -0.144. The number of benzene rings is 1. The Balaban J connectivity index is 2.83. The molecule has 0 bridgehead atoms. The number of hydrogen-bond donors (Lipinski definition) is 1. The van der Waals surface area contributed by atoms with Crippen LogP contribution in [0.2, 0.25) is 0 Å². The van der Waals surface area contributed by atoms with Gasteiger partial charge in [0.25, 0.3) is 0 Å². The monoisotopic (exact) mass is 275 g/mol. The highest BCUT2D eigenvalue weighted by molar-refractivity contribution is 7.86. The van der Waals surface area contributed by atoms with E-state index in [1.54, 1.807) is 13.0 Å². The lowest BCUT2D eigenvalue weighted by atomic mass is 10.1. The van der Waals surface area contributed by atoms with E-state index < -0.39 is 27.1 Å². The SMILES string of the molecule is CCOC(=O)[C@@H](N)Cc1cccc(S(=O)(=O)F)c1. The van der Waals surface area contributed by atoms with Crippen molar-refractivity contribution in [3.05, 3.63) is 29.8 Å². The van der Waals surface area contributed by atoms with Crippen molar-refractivity contribution in [3.63, 3.8) is 0 Å². The molecule has 0 spiro atoms. The van der Waals surface area contributed by atoms with Crippen LogP contribution in [0.4, 0.5) is 3.89 Å². The molecule has 0 aliphatic heterocycles. The first kappa shape index (κ1) is 14.6. The van der Waals surface area contributed by atoms with Crippen LogP contribution < -0.4 is 5.73 Å². The second-order valence-corrected chi connectivity index (χ2v) is 5.00. The first-order chi connectivity index (χ1) is 8.34. The Kier molecular flexibility index (Phi) is 4.80. The molecule has 0 unspecified atom stereocenters. The minimum absolute atomic E-state index is 0.0855. The van der Waals surface area contributed by atoms with Gasteiger partial charge in [0.15, 0.2) is 0 Å². The summed E-state index contributed by atoms with van der Waals surface area (Å²) in [5.41, 5.74) is 6.03. The van der Waals surface area contributed by atoms with Crippen molar-refractivity contribution in [1.29, 1.82) is 0 Å². The van der Waals surface area contributed by atoms with Gasteiger partial charge in [0, 0.05) is 0 Å². The molecule has 5 nitrogen and oxygen atoms in total. The van der Waals surface area contributed by atoms with Crippen LogP contribution in [0.15, 0.2) is 29.2 Å². The van der Waals surface area contributed by atoms with Crippen molar-refractivity contribution in [1.82, 2.24) is 0 Å². The van der Waals surface area contributed by atoms with Gasteiger partial charge in [-0.3, -0.25) is 4.79 Å². The largest absolute Gasteiger partial charge is 0.465 e. The van der Waals surface area contributed by atoms with E-state index in [2.05, 4.69) is 0 Å². The van der Waals surface area contributed by atoms with Gasteiger partial charge >= 0.3 is 16.2 Å². The molecule has 0 amide bonds. The smallest absolute Gasteiger partial charge is 0.332 e. The summed E-state index contributed by atoms with van der Waals surface area (Å²) in [6.07, 6.45) is 0.0855. The zero-order chi connectivity index (χ0) is 13.8. The van der Waals surface area contributed by atoms with Crippen LogP contribution in [0.3, 0.4) is 0 Å². The molecule has 0 heterocycles. The zero-order valence-corrected chi connectivity index (χ0v) is 10.6. The molecule has 0 aliphatic carbocycles. The minimum Gasteiger partial charge on any atom is -0.465 e. The molecular weight excluding hydrogens is 261 g/mol. The summed E-state index contributed by atoms with van der Waals surface area (Å²) >= 11 is 0. The Bertz CT molecular complexity index is 530. The fraction of sp³-hybridized carbons (Fsp3) is 0.364. The first-order valence-corrected chi connectivity index (χ1v) is 6.68. The highest BCUT2D eigenvalue weighted by Crippen LogP contribution is 2.15. The second kappa shape index (κ2) is 5.92. The average molecular weight is 275 g/mol. The molecule has 0 saturated carbocycles. The first-order valence-electron chi connectivity index (χ1n) is 5.30. The van der Waals surface area contributed by atoms with Crippen molar-refractivity contribution in [3.8, 4) is 0 Å². The summed E-state index contributed by atoms with van der Waals surface area (Å²) in [7, 11) is -4.75. The van der Waals surface area contributed by atoms with Crippen LogP contribution in [0.5, 0.6) is 0 Å². The summed E-state index contributed by atoms with van der Waals surface area (Å²) in [6, 6.07) is 4.33. The van der Waals surface area contributed by atoms with E-state index >= 15 is 0 Å². The maximum atomic E-state index is 12.8. The van der Waals surface area contributed by atoms with Gasteiger partial charge in [-0.1, -0.05) is 12.1 Å². The third-order valence-electron chi connectivity index (χ3n) is 2.22. The third-order valence-corrected chi connectivity index (χ3v) is 3.04. The normalized spacial score (nSPS) is 13.1. The van der Waals surface area contributed by atoms with E-state index in [1.165, 1.54) is 6.07 Å². The number of carbonyl (C=O) groups is 1. The summed E-state index contributed by atoms with van der Waals surface area (Å²) in [4.78, 5) is 10.8. The number of halogens is 1. The molecule has 1 rings (SSSR count). The van der Waals surface area contributed by atoms with E-state index in [-0.39, 0.29) is 13.0 Å². The van der Waals surface area contributed by atoms with E-state index in [9.17, 15) is 17.1 Å². The zero-order valence-electron chi connectivity index (χ0n) is 9.80. The maximum Gasteiger partial charge on any atom is 0.332 e. The number of rotatable bonds is 5. The highest BCUT2D eigenvalue weighted by atomic mass is 32.3. The highest BCUT2D eigenvalue weighted by Gasteiger charge is 2.17. The number of carbonyl (C=O) groups excluding carboxylic acids is 1. The maximum absolute atomic E-state index is 12.8. The molecule has 1 aromatic carbocycles. The predicted octanol–water partition coefficient (Wildman–Crippen LogP) is 0.778. The van der Waals surface area contributed by atoms with Gasteiger partial charge in [0.2, 0.25) is 0 Å². The van der Waals surface area contributed by atoms with Gasteiger partial charge in [-0.2, -0.15) is 8.42 Å². The fourth-order valence-electron chi connectivity index (χ4n) is 1.41. The van der Waals surface area contributed by atoms with Crippen molar-refractivity contribution in [2.45, 2.75) is 24.3 Å². The van der Waals surface area contributed by atoms with Crippen LogP contribution in [-0.2, 0) is 26.2 Å². The third kappa shape index (κ3) is 4.08. The molecule has 100 valence electrons. The van der Waals surface area contributed by atoms with Crippen LogP contribution >= 0.6 is 0 Å². The summed E-state index contributed by atoms with van der Waals surface area (Å²) < 4.78 is 38.9. The Morgan fingerprint density at radius 1 is 1.50 bits per heavy atom. The van der Waals surface area contributed by atoms with Crippen molar-refractivity contribution in [2.75, 3.05) is 6.61 Å². The lowest BCUT2D eigenvalue weighted by Crippen LogP contribution is -2.34. The number of nitrogens with two attached hydrogens (primary N) is 1. The van der Waals surface area contributed by atoms with Gasteiger partial charge in [-0.25, -0.2) is 0 Å². The lowest BCUT2D eigenvalue weighted by Gasteiger charge is -2.10. The van der Waals surface area contributed by atoms with Crippen molar-refractivity contribution in [2.24, 2.45) is 5.73 Å². The van der Waals surface area contributed by atoms with Gasteiger partial charge in [0.05, 0.1) is 11.5 Å². The number of hydrogen-bond acceptors (Lipinski definition) is 5. The number of ether oxygens (including phenoxy) is 1. The van der Waals surface area contributed by atoms with Crippen molar-refractivity contribution < 1.29 is 21.8 Å². The summed E-state index contributed by atoms with van der Waals surface area (Å²) in [5, 5.41) is 0. The summed E-state index contributed by atoms with van der Waals surface area (Å²) in [6.45, 7) is 1.87. The molecule has 0 radical (unpaired) electrons. The molecule has 2 N–H and O–H groups in total. The average Bonchev–Trinajstić information content (AvgIpc) is 2.28. The summed E-state index contributed by atoms with van der Waals surface area (Å²) in [5.74, 6) is -0.578. The molecular formula is C11H14FNO4S. The standard InChI is InChI=1S/C11H14FNO4S/c1-2-17-11(14)10(13)7-8-4-3-5-9(6-8)18(12,15)16/h3-6,10H,2,7,13H2,1H3/t10-/m0/s1. The van der Waals surface area contributed by atoms with Crippen LogP contribution in [-0.4, -0.2) is 27.0 Å². The Morgan fingerprint density at radius 3 is 2.72 bits per heavy atom. The second-order valence-electron chi connectivity index (χ2n) is 3.65. The van der Waals surface area contributed by atoms with E-state index in [0.717, 1.165) is 12.1 Å². The van der Waals surface area contributed by atoms with Crippen LogP contribution in [0.1, 0.15) is 12.5 Å². The van der Waals surface area contributed by atoms with E-state index in [1.807, 2.05) is 0 Å². The van der Waals surface area contributed by atoms with Gasteiger partial charge in [0.1, 0.15) is 6.04 Å². The molecule has 0 saturated heterocycles. The molecule has 18 heavy (non-hydrogen) atoms. The quantitative estimate of drug-likeness (QED) is 0.634. The molecule has 0 fully saturated rings. The van der Waals surface area contributed by atoms with Crippen LogP contribution in [0.25, 0.3) is 0 Å². The molecule has 1 aromatic rings. The van der Waals surface area contributed by atoms with Crippen LogP contribution in [0, 0.1) is 0 Å². The van der Waals surface area contributed by atoms with Gasteiger partial charge in [-0.15, -0.1) is 3.89 Å². The Labute approximate surface area is 105 Å². The topological polar surface area (TPSA) is 86.5 Å². The van der Waals surface area contributed by atoms with Gasteiger partial charge < -0.3 is 10.5 Å². The Morgan fingerprint density at radius 2 is 2.17 bits per heavy atom. The molecule has 7 heteroatoms. The van der Waals surface area contributed by atoms with Crippen molar-refractivity contribution >= 4 is 16.2 Å². The molecule has 1 atom stereocenters. The predicted molar refractivity (Wildman–Crippen MR) is 63.0 cm³/mol. The number of esters is 1. The minimum atomic E-state index is -4.75. The Hall–Kier alpha value is -1.47. The fourth-order valence-corrected chi connectivity index (χ4v) is 1.94. The van der Waals surface area contributed by atoms with Gasteiger partial charge in [-0.05, 0) is 31.0 Å². The molecule has 0 aliphatic rings. The van der Waals surface area contributed by atoms with E-state index in [0.29, 0.717) is 5.56 Å². The van der Waals surface area contributed by atoms with E-state index in [4.69, 9.17) is 10.5 Å².